The number of hydrogen-bond acceptors (Lipinski definition) is 4. The van der Waals surface area contributed by atoms with Gasteiger partial charge in [-0.3, -0.25) is 0 Å². The quantitative estimate of drug-likeness (QED) is 0.811. The van der Waals surface area contributed by atoms with Crippen molar-refractivity contribution in [1.29, 1.82) is 0 Å². The van der Waals surface area contributed by atoms with E-state index in [0.29, 0.717) is 5.92 Å². The van der Waals surface area contributed by atoms with Gasteiger partial charge in [0, 0.05) is 12.7 Å². The van der Waals surface area contributed by atoms with Crippen LogP contribution in [0.25, 0.3) is 0 Å². The second kappa shape index (κ2) is 7.67. The third kappa shape index (κ3) is 5.50. The Bertz CT molecular complexity index is 339. The summed E-state index contributed by atoms with van der Waals surface area (Å²) < 4.78 is 0. The standard InChI is InChI=1S/C13H23N3S/c1-5-17-9-13-15-7-11(4)12(16-13)8-14-6-10(2)3/h7,10,14H,5-6,8-9H2,1-4H3. The summed E-state index contributed by atoms with van der Waals surface area (Å²) in [6.45, 7) is 10.5. The van der Waals surface area contributed by atoms with E-state index >= 15 is 0 Å². The summed E-state index contributed by atoms with van der Waals surface area (Å²) >= 11 is 1.86. The Morgan fingerprint density at radius 3 is 2.82 bits per heavy atom. The molecule has 0 radical (unpaired) electrons. The van der Waals surface area contributed by atoms with Crippen LogP contribution in [0.5, 0.6) is 0 Å². The number of nitrogens with zero attached hydrogens (tertiary/aromatic N) is 2. The summed E-state index contributed by atoms with van der Waals surface area (Å²) in [5, 5.41) is 3.43. The molecule has 0 bridgehead atoms. The number of thioether (sulfide) groups is 1. The molecule has 0 unspecified atom stereocenters. The van der Waals surface area contributed by atoms with Crippen LogP contribution in [-0.4, -0.2) is 22.3 Å². The van der Waals surface area contributed by atoms with Crippen molar-refractivity contribution in [2.45, 2.75) is 40.0 Å². The molecule has 0 aliphatic rings. The van der Waals surface area contributed by atoms with Gasteiger partial charge in [0.05, 0.1) is 11.4 Å². The molecule has 0 saturated carbocycles. The molecule has 0 atom stereocenters. The fourth-order valence-corrected chi connectivity index (χ4v) is 1.97. The van der Waals surface area contributed by atoms with Crippen LogP contribution in [0.15, 0.2) is 6.20 Å². The van der Waals surface area contributed by atoms with E-state index in [1.165, 1.54) is 5.56 Å². The van der Waals surface area contributed by atoms with E-state index in [-0.39, 0.29) is 0 Å². The van der Waals surface area contributed by atoms with E-state index in [2.05, 4.69) is 43.0 Å². The molecule has 0 aromatic carbocycles. The zero-order valence-corrected chi connectivity index (χ0v) is 12.1. The largest absolute Gasteiger partial charge is 0.311 e. The number of aryl methyl sites for hydroxylation is 1. The maximum atomic E-state index is 4.61. The first kappa shape index (κ1) is 14.5. The van der Waals surface area contributed by atoms with Gasteiger partial charge in [0.2, 0.25) is 0 Å². The van der Waals surface area contributed by atoms with Crippen molar-refractivity contribution in [1.82, 2.24) is 15.3 Å². The molecule has 1 aromatic heterocycles. The minimum atomic E-state index is 0.673. The Labute approximate surface area is 109 Å². The minimum absolute atomic E-state index is 0.673. The van der Waals surface area contributed by atoms with E-state index in [4.69, 9.17) is 0 Å². The van der Waals surface area contributed by atoms with E-state index in [1.807, 2.05) is 18.0 Å². The SMILES string of the molecule is CCSCc1ncc(C)c(CNCC(C)C)n1. The van der Waals surface area contributed by atoms with Crippen LogP contribution >= 0.6 is 11.8 Å². The third-order valence-corrected chi connectivity index (χ3v) is 3.28. The number of nitrogens with one attached hydrogen (secondary N) is 1. The lowest BCUT2D eigenvalue weighted by Crippen LogP contribution is -2.20. The highest BCUT2D eigenvalue weighted by Crippen LogP contribution is 2.10. The van der Waals surface area contributed by atoms with Crippen LogP contribution in [-0.2, 0) is 12.3 Å². The first-order valence-corrected chi connectivity index (χ1v) is 7.38. The number of rotatable bonds is 7. The highest BCUT2D eigenvalue weighted by atomic mass is 32.2. The van der Waals surface area contributed by atoms with E-state index in [9.17, 15) is 0 Å². The lowest BCUT2D eigenvalue weighted by atomic mass is 10.2. The zero-order valence-electron chi connectivity index (χ0n) is 11.3. The highest BCUT2D eigenvalue weighted by Gasteiger charge is 2.04. The molecule has 1 rings (SSSR count). The molecule has 0 fully saturated rings. The average molecular weight is 253 g/mol. The van der Waals surface area contributed by atoms with Crippen molar-refractivity contribution in [3.05, 3.63) is 23.3 Å². The highest BCUT2D eigenvalue weighted by molar-refractivity contribution is 7.98. The summed E-state index contributed by atoms with van der Waals surface area (Å²) in [6.07, 6.45) is 1.94. The molecular formula is C13H23N3S. The Morgan fingerprint density at radius 1 is 1.41 bits per heavy atom. The second-order valence-electron chi connectivity index (χ2n) is 4.58. The minimum Gasteiger partial charge on any atom is -0.311 e. The van der Waals surface area contributed by atoms with Crippen LogP contribution in [0.1, 0.15) is 37.9 Å². The number of aromatic nitrogens is 2. The summed E-state index contributed by atoms with van der Waals surface area (Å²) in [4.78, 5) is 8.97. The van der Waals surface area contributed by atoms with Gasteiger partial charge in [0.1, 0.15) is 5.82 Å². The summed E-state index contributed by atoms with van der Waals surface area (Å²) in [5.41, 5.74) is 2.30. The lowest BCUT2D eigenvalue weighted by molar-refractivity contribution is 0.546. The maximum Gasteiger partial charge on any atom is 0.138 e. The molecule has 0 aliphatic heterocycles. The second-order valence-corrected chi connectivity index (χ2v) is 5.85. The summed E-state index contributed by atoms with van der Waals surface area (Å²) in [5.74, 6) is 3.64. The molecule has 3 nitrogen and oxygen atoms in total. The Kier molecular flexibility index (Phi) is 6.52. The van der Waals surface area contributed by atoms with E-state index in [0.717, 1.165) is 36.1 Å². The van der Waals surface area contributed by atoms with Gasteiger partial charge in [-0.15, -0.1) is 0 Å². The Hall–Kier alpha value is -0.610. The monoisotopic (exact) mass is 253 g/mol. The molecule has 0 aliphatic carbocycles. The van der Waals surface area contributed by atoms with Crippen LogP contribution in [0.3, 0.4) is 0 Å². The van der Waals surface area contributed by atoms with Gasteiger partial charge < -0.3 is 5.32 Å². The van der Waals surface area contributed by atoms with Crippen LogP contribution in [0.2, 0.25) is 0 Å². The average Bonchev–Trinajstić information content (AvgIpc) is 2.29. The molecular weight excluding hydrogens is 230 g/mol. The molecule has 1 aromatic rings. The zero-order chi connectivity index (χ0) is 12.7. The Morgan fingerprint density at radius 2 is 2.18 bits per heavy atom. The first-order chi connectivity index (χ1) is 8.13. The third-order valence-electron chi connectivity index (χ3n) is 2.41. The molecule has 17 heavy (non-hydrogen) atoms. The van der Waals surface area contributed by atoms with Gasteiger partial charge in [-0.05, 0) is 30.7 Å². The maximum absolute atomic E-state index is 4.61. The van der Waals surface area contributed by atoms with E-state index < -0.39 is 0 Å². The van der Waals surface area contributed by atoms with Crippen LogP contribution in [0.4, 0.5) is 0 Å². The fraction of sp³-hybridized carbons (Fsp3) is 0.692. The molecule has 4 heteroatoms. The van der Waals surface area contributed by atoms with Gasteiger partial charge >= 0.3 is 0 Å². The molecule has 0 amide bonds. The smallest absolute Gasteiger partial charge is 0.138 e. The van der Waals surface area contributed by atoms with Gasteiger partial charge in [-0.25, -0.2) is 9.97 Å². The topological polar surface area (TPSA) is 37.8 Å². The van der Waals surface area contributed by atoms with Gasteiger partial charge in [-0.2, -0.15) is 11.8 Å². The number of hydrogen-bond donors (Lipinski definition) is 1. The predicted molar refractivity (Wildman–Crippen MR) is 75.1 cm³/mol. The molecule has 0 saturated heterocycles. The van der Waals surface area contributed by atoms with Crippen molar-refractivity contribution >= 4 is 11.8 Å². The normalized spacial score (nSPS) is 11.1. The van der Waals surface area contributed by atoms with Crippen LogP contribution < -0.4 is 5.32 Å². The van der Waals surface area contributed by atoms with Crippen molar-refractivity contribution in [3.8, 4) is 0 Å². The van der Waals surface area contributed by atoms with Crippen molar-refractivity contribution in [3.63, 3.8) is 0 Å². The lowest BCUT2D eigenvalue weighted by Gasteiger charge is -2.10. The summed E-state index contributed by atoms with van der Waals surface area (Å²) in [7, 11) is 0. The molecule has 0 spiro atoms. The molecule has 1 N–H and O–H groups in total. The summed E-state index contributed by atoms with van der Waals surface area (Å²) in [6, 6.07) is 0. The van der Waals surface area contributed by atoms with Gasteiger partial charge in [0.15, 0.2) is 0 Å². The van der Waals surface area contributed by atoms with Crippen molar-refractivity contribution in [2.24, 2.45) is 5.92 Å². The fourth-order valence-electron chi connectivity index (χ4n) is 1.44. The Balaban J connectivity index is 2.56. The van der Waals surface area contributed by atoms with Crippen molar-refractivity contribution < 1.29 is 0 Å². The van der Waals surface area contributed by atoms with E-state index in [1.54, 1.807) is 0 Å². The predicted octanol–water partition coefficient (Wildman–Crippen LogP) is 2.78. The van der Waals surface area contributed by atoms with Crippen molar-refractivity contribution in [2.75, 3.05) is 12.3 Å². The molecule has 1 heterocycles. The van der Waals surface area contributed by atoms with Gasteiger partial charge in [-0.1, -0.05) is 20.8 Å². The van der Waals surface area contributed by atoms with Crippen LogP contribution in [0, 0.1) is 12.8 Å². The first-order valence-electron chi connectivity index (χ1n) is 6.23. The molecule has 96 valence electrons. The van der Waals surface area contributed by atoms with Gasteiger partial charge in [0.25, 0.3) is 0 Å².